The second kappa shape index (κ2) is 4.32. The van der Waals surface area contributed by atoms with Crippen LogP contribution in [0.2, 0.25) is 0 Å². The summed E-state index contributed by atoms with van der Waals surface area (Å²) >= 11 is 1.30. The summed E-state index contributed by atoms with van der Waals surface area (Å²) in [6, 6.07) is 0. The number of aryl methyl sites for hydroxylation is 1. The van der Waals surface area contributed by atoms with Crippen LogP contribution < -0.4 is 0 Å². The second-order valence-corrected chi connectivity index (χ2v) is 3.65. The number of hydrogen-bond acceptors (Lipinski definition) is 5. The second-order valence-electron chi connectivity index (χ2n) is 2.69. The maximum atomic E-state index is 11.3. The molecule has 1 aromatic heterocycles. The first-order valence-electron chi connectivity index (χ1n) is 4.12. The van der Waals surface area contributed by atoms with Crippen molar-refractivity contribution in [2.45, 2.75) is 26.7 Å². The van der Waals surface area contributed by atoms with E-state index in [0.717, 1.165) is 10.6 Å². The van der Waals surface area contributed by atoms with Crippen molar-refractivity contribution >= 4 is 17.5 Å². The molecule has 0 spiro atoms. The molecule has 72 valence electrons. The van der Waals surface area contributed by atoms with Gasteiger partial charge in [0.2, 0.25) is 0 Å². The molecule has 0 aliphatic heterocycles. The quantitative estimate of drug-likeness (QED) is 0.694. The van der Waals surface area contributed by atoms with Gasteiger partial charge >= 0.3 is 5.97 Å². The average Bonchev–Trinajstić information content (AvgIpc) is 2.50. The molecule has 1 unspecified atom stereocenters. The number of aromatic nitrogens is 2. The smallest absolute Gasteiger partial charge is 0.314 e. The SMILES string of the molecule is CCOC(=O)C(C)c1nnsc1C. The first-order valence-corrected chi connectivity index (χ1v) is 4.89. The Hall–Kier alpha value is -0.970. The predicted octanol–water partition coefficient (Wildman–Crippen LogP) is 1.51. The molecular formula is C8H12N2O2S. The zero-order valence-electron chi connectivity index (χ0n) is 7.90. The molecule has 0 aromatic carbocycles. The van der Waals surface area contributed by atoms with Crippen LogP contribution in [0.5, 0.6) is 0 Å². The van der Waals surface area contributed by atoms with Gasteiger partial charge in [-0.1, -0.05) is 4.49 Å². The van der Waals surface area contributed by atoms with Crippen LogP contribution in [0, 0.1) is 6.92 Å². The molecule has 0 radical (unpaired) electrons. The third-order valence-corrected chi connectivity index (χ3v) is 2.38. The lowest BCUT2D eigenvalue weighted by Gasteiger charge is -2.07. The number of nitrogens with zero attached hydrogens (tertiary/aromatic N) is 2. The number of esters is 1. The van der Waals surface area contributed by atoms with Crippen molar-refractivity contribution in [3.05, 3.63) is 10.6 Å². The van der Waals surface area contributed by atoms with Crippen LogP contribution in [0.15, 0.2) is 0 Å². The van der Waals surface area contributed by atoms with E-state index in [4.69, 9.17) is 4.74 Å². The molecule has 0 amide bonds. The minimum Gasteiger partial charge on any atom is -0.465 e. The molecule has 0 N–H and O–H groups in total. The first-order chi connectivity index (χ1) is 6.16. The Kier molecular flexibility index (Phi) is 3.36. The van der Waals surface area contributed by atoms with Gasteiger partial charge in [-0.05, 0) is 32.3 Å². The van der Waals surface area contributed by atoms with Gasteiger partial charge in [-0.2, -0.15) is 0 Å². The Bertz CT molecular complexity index is 298. The normalized spacial score (nSPS) is 12.5. The molecule has 1 heterocycles. The highest BCUT2D eigenvalue weighted by Crippen LogP contribution is 2.20. The van der Waals surface area contributed by atoms with Gasteiger partial charge in [0.25, 0.3) is 0 Å². The minimum absolute atomic E-state index is 0.238. The summed E-state index contributed by atoms with van der Waals surface area (Å²) in [4.78, 5) is 12.3. The predicted molar refractivity (Wildman–Crippen MR) is 49.7 cm³/mol. The van der Waals surface area contributed by atoms with E-state index in [1.807, 2.05) is 6.92 Å². The maximum Gasteiger partial charge on any atom is 0.314 e. The summed E-state index contributed by atoms with van der Waals surface area (Å²) in [5.41, 5.74) is 0.725. The van der Waals surface area contributed by atoms with Gasteiger partial charge in [0.1, 0.15) is 0 Å². The number of carbonyl (C=O) groups excluding carboxylic acids is 1. The van der Waals surface area contributed by atoms with Crippen molar-refractivity contribution in [1.82, 2.24) is 9.59 Å². The van der Waals surface area contributed by atoms with E-state index in [1.165, 1.54) is 11.5 Å². The average molecular weight is 200 g/mol. The summed E-state index contributed by atoms with van der Waals surface area (Å²) in [6.45, 7) is 5.87. The van der Waals surface area contributed by atoms with Crippen molar-refractivity contribution in [1.29, 1.82) is 0 Å². The molecule has 0 saturated carbocycles. The fourth-order valence-electron chi connectivity index (χ4n) is 1.01. The molecular weight excluding hydrogens is 188 g/mol. The van der Waals surface area contributed by atoms with Gasteiger partial charge in [0.15, 0.2) is 0 Å². The highest BCUT2D eigenvalue weighted by molar-refractivity contribution is 7.05. The van der Waals surface area contributed by atoms with Crippen molar-refractivity contribution in [2.75, 3.05) is 6.61 Å². The lowest BCUT2D eigenvalue weighted by molar-refractivity contribution is -0.144. The minimum atomic E-state index is -0.307. The Morgan fingerprint density at radius 3 is 2.85 bits per heavy atom. The number of hydrogen-bond donors (Lipinski definition) is 0. The van der Waals surface area contributed by atoms with E-state index in [1.54, 1.807) is 13.8 Å². The third kappa shape index (κ3) is 2.24. The molecule has 1 aromatic rings. The summed E-state index contributed by atoms with van der Waals surface area (Å²) < 4.78 is 8.65. The highest BCUT2D eigenvalue weighted by Gasteiger charge is 2.21. The van der Waals surface area contributed by atoms with Crippen molar-refractivity contribution in [2.24, 2.45) is 0 Å². The van der Waals surface area contributed by atoms with Crippen LogP contribution in [0.1, 0.15) is 30.3 Å². The monoisotopic (exact) mass is 200 g/mol. The highest BCUT2D eigenvalue weighted by atomic mass is 32.1. The molecule has 0 fully saturated rings. The van der Waals surface area contributed by atoms with E-state index in [9.17, 15) is 4.79 Å². The van der Waals surface area contributed by atoms with E-state index in [0.29, 0.717) is 6.61 Å². The first kappa shape index (κ1) is 10.1. The molecule has 0 bridgehead atoms. The van der Waals surface area contributed by atoms with E-state index in [-0.39, 0.29) is 11.9 Å². The van der Waals surface area contributed by atoms with E-state index >= 15 is 0 Å². The fourth-order valence-corrected chi connectivity index (χ4v) is 1.58. The molecule has 1 atom stereocenters. The topological polar surface area (TPSA) is 52.1 Å². The third-order valence-electron chi connectivity index (χ3n) is 1.74. The standard InChI is InChI=1S/C8H12N2O2S/c1-4-12-8(11)5(2)7-6(3)13-10-9-7/h5H,4H2,1-3H3. The van der Waals surface area contributed by atoms with Crippen molar-refractivity contribution in [3.63, 3.8) is 0 Å². The van der Waals surface area contributed by atoms with Gasteiger partial charge in [0.05, 0.1) is 18.2 Å². The number of ether oxygens (including phenoxy) is 1. The summed E-state index contributed by atoms with van der Waals surface area (Å²) in [5.74, 6) is -0.544. The molecule has 5 heteroatoms. The van der Waals surface area contributed by atoms with Crippen LogP contribution in [0.3, 0.4) is 0 Å². The Balaban J connectivity index is 2.73. The van der Waals surface area contributed by atoms with Crippen molar-refractivity contribution < 1.29 is 9.53 Å². The Labute approximate surface area is 81.1 Å². The largest absolute Gasteiger partial charge is 0.465 e. The van der Waals surface area contributed by atoms with Crippen LogP contribution >= 0.6 is 11.5 Å². The molecule has 0 saturated heterocycles. The van der Waals surface area contributed by atoms with E-state index in [2.05, 4.69) is 9.59 Å². The fraction of sp³-hybridized carbons (Fsp3) is 0.625. The summed E-state index contributed by atoms with van der Waals surface area (Å²) in [5, 5.41) is 3.89. The summed E-state index contributed by atoms with van der Waals surface area (Å²) in [7, 11) is 0. The molecule has 4 nitrogen and oxygen atoms in total. The lowest BCUT2D eigenvalue weighted by atomic mass is 10.1. The molecule has 0 aliphatic carbocycles. The number of rotatable bonds is 3. The molecule has 1 rings (SSSR count). The Morgan fingerprint density at radius 2 is 2.38 bits per heavy atom. The van der Waals surface area contributed by atoms with Crippen LogP contribution in [0.25, 0.3) is 0 Å². The maximum absolute atomic E-state index is 11.3. The van der Waals surface area contributed by atoms with Crippen molar-refractivity contribution in [3.8, 4) is 0 Å². The van der Waals surface area contributed by atoms with Gasteiger partial charge in [0, 0.05) is 4.88 Å². The molecule has 13 heavy (non-hydrogen) atoms. The van der Waals surface area contributed by atoms with Crippen LogP contribution in [0.4, 0.5) is 0 Å². The van der Waals surface area contributed by atoms with E-state index < -0.39 is 0 Å². The van der Waals surface area contributed by atoms with Gasteiger partial charge in [-0.25, -0.2) is 0 Å². The number of carbonyl (C=O) groups is 1. The van der Waals surface area contributed by atoms with Crippen LogP contribution in [-0.4, -0.2) is 22.2 Å². The van der Waals surface area contributed by atoms with Gasteiger partial charge in [-0.3, -0.25) is 4.79 Å². The van der Waals surface area contributed by atoms with Crippen LogP contribution in [-0.2, 0) is 9.53 Å². The molecule has 0 aliphatic rings. The lowest BCUT2D eigenvalue weighted by Crippen LogP contribution is -2.14. The van der Waals surface area contributed by atoms with Gasteiger partial charge in [-0.15, -0.1) is 5.10 Å². The zero-order valence-corrected chi connectivity index (χ0v) is 8.72. The van der Waals surface area contributed by atoms with Gasteiger partial charge < -0.3 is 4.74 Å². The Morgan fingerprint density at radius 1 is 1.69 bits per heavy atom. The zero-order chi connectivity index (χ0) is 9.84. The summed E-state index contributed by atoms with van der Waals surface area (Å²) in [6.07, 6.45) is 0.